The summed E-state index contributed by atoms with van der Waals surface area (Å²) in [5.74, 6) is 1.25. The molecule has 6 heteroatoms. The molecule has 1 N–H and O–H groups in total. The molecule has 5 nitrogen and oxygen atoms in total. The smallest absolute Gasteiger partial charge is 0.274 e. The lowest BCUT2D eigenvalue weighted by molar-refractivity contribution is 0.102. The highest BCUT2D eigenvalue weighted by Gasteiger charge is 2.17. The molecule has 1 aromatic carbocycles. The number of anilines is 2. The van der Waals surface area contributed by atoms with Gasteiger partial charge in [0.1, 0.15) is 17.3 Å². The molecule has 0 unspecified atom stereocenters. The molecule has 2 heterocycles. The molecule has 0 atom stereocenters. The van der Waals surface area contributed by atoms with Gasteiger partial charge in [0.05, 0.1) is 0 Å². The summed E-state index contributed by atoms with van der Waals surface area (Å²) in [5, 5.41) is 2.90. The van der Waals surface area contributed by atoms with Crippen molar-refractivity contribution >= 4 is 33.3 Å². The van der Waals surface area contributed by atoms with Crippen molar-refractivity contribution in [1.82, 2.24) is 9.97 Å². The van der Waals surface area contributed by atoms with Gasteiger partial charge < -0.3 is 10.2 Å². The van der Waals surface area contributed by atoms with E-state index in [0.29, 0.717) is 11.5 Å². The largest absolute Gasteiger partial charge is 0.356 e. The van der Waals surface area contributed by atoms with Crippen LogP contribution in [0, 0.1) is 13.8 Å². The van der Waals surface area contributed by atoms with E-state index in [9.17, 15) is 4.79 Å². The second-order valence-electron chi connectivity index (χ2n) is 5.77. The van der Waals surface area contributed by atoms with Crippen LogP contribution in [0.25, 0.3) is 0 Å². The van der Waals surface area contributed by atoms with E-state index in [1.807, 2.05) is 32.0 Å². The first-order valence-corrected chi connectivity index (χ1v) is 8.50. The predicted molar refractivity (Wildman–Crippen MR) is 95.0 cm³/mol. The molecule has 0 saturated carbocycles. The Morgan fingerprint density at radius 1 is 1.17 bits per heavy atom. The number of amides is 1. The second kappa shape index (κ2) is 6.66. The van der Waals surface area contributed by atoms with Crippen molar-refractivity contribution in [2.24, 2.45) is 0 Å². The van der Waals surface area contributed by atoms with Gasteiger partial charge in [-0.25, -0.2) is 9.97 Å². The zero-order valence-electron chi connectivity index (χ0n) is 13.3. The van der Waals surface area contributed by atoms with E-state index in [1.165, 1.54) is 12.8 Å². The Morgan fingerprint density at radius 3 is 2.61 bits per heavy atom. The first kappa shape index (κ1) is 15.9. The SMILES string of the molecule is Cc1nc(C(=O)Nc2ccc(Br)c(C)c2)cc(N2CCCC2)n1. The Labute approximate surface area is 144 Å². The molecule has 0 aliphatic carbocycles. The lowest BCUT2D eigenvalue weighted by Crippen LogP contribution is -2.22. The van der Waals surface area contributed by atoms with Crippen LogP contribution in [0.1, 0.15) is 34.7 Å². The number of aryl methyl sites for hydroxylation is 2. The lowest BCUT2D eigenvalue weighted by atomic mass is 10.2. The van der Waals surface area contributed by atoms with Crippen molar-refractivity contribution in [3.05, 3.63) is 45.8 Å². The van der Waals surface area contributed by atoms with Gasteiger partial charge >= 0.3 is 0 Å². The molecule has 1 amide bonds. The molecule has 1 aromatic heterocycles. The Bertz CT molecular complexity index is 741. The highest BCUT2D eigenvalue weighted by molar-refractivity contribution is 9.10. The summed E-state index contributed by atoms with van der Waals surface area (Å²) in [6, 6.07) is 7.49. The summed E-state index contributed by atoms with van der Waals surface area (Å²) in [4.78, 5) is 23.4. The third-order valence-electron chi connectivity index (χ3n) is 3.90. The molecule has 3 rings (SSSR count). The number of aromatic nitrogens is 2. The first-order valence-electron chi connectivity index (χ1n) is 7.71. The Hall–Kier alpha value is -1.95. The van der Waals surface area contributed by atoms with Crippen molar-refractivity contribution in [1.29, 1.82) is 0 Å². The van der Waals surface area contributed by atoms with Gasteiger partial charge in [0.2, 0.25) is 0 Å². The minimum Gasteiger partial charge on any atom is -0.356 e. The van der Waals surface area contributed by atoms with E-state index in [-0.39, 0.29) is 5.91 Å². The van der Waals surface area contributed by atoms with Crippen LogP contribution in [0.5, 0.6) is 0 Å². The third kappa shape index (κ3) is 3.69. The van der Waals surface area contributed by atoms with Crippen molar-refractivity contribution < 1.29 is 4.79 Å². The van der Waals surface area contributed by atoms with Crippen LogP contribution in [0.3, 0.4) is 0 Å². The highest BCUT2D eigenvalue weighted by atomic mass is 79.9. The summed E-state index contributed by atoms with van der Waals surface area (Å²) < 4.78 is 1.02. The maximum atomic E-state index is 12.5. The van der Waals surface area contributed by atoms with Crippen LogP contribution in [0.15, 0.2) is 28.7 Å². The molecule has 120 valence electrons. The molecule has 1 saturated heterocycles. The standard InChI is InChI=1S/C17H19BrN4O/c1-11-9-13(5-6-14(11)18)21-17(23)15-10-16(20-12(2)19-15)22-7-3-4-8-22/h5-6,9-10H,3-4,7-8H2,1-2H3,(H,21,23). The molecule has 1 aliphatic rings. The fourth-order valence-corrected chi connectivity index (χ4v) is 2.94. The topological polar surface area (TPSA) is 58.1 Å². The number of halogens is 1. The van der Waals surface area contributed by atoms with Gasteiger partial charge in [-0.15, -0.1) is 0 Å². The molecular weight excluding hydrogens is 356 g/mol. The molecular formula is C17H19BrN4O. The molecule has 0 bridgehead atoms. The monoisotopic (exact) mass is 374 g/mol. The predicted octanol–water partition coefficient (Wildman–Crippen LogP) is 3.71. The number of hydrogen-bond donors (Lipinski definition) is 1. The van der Waals surface area contributed by atoms with Gasteiger partial charge in [0.25, 0.3) is 5.91 Å². The van der Waals surface area contributed by atoms with Gasteiger partial charge in [0.15, 0.2) is 0 Å². The van der Waals surface area contributed by atoms with Crippen molar-refractivity contribution in [3.63, 3.8) is 0 Å². The quantitative estimate of drug-likeness (QED) is 0.889. The minimum absolute atomic E-state index is 0.210. The zero-order chi connectivity index (χ0) is 16.4. The average Bonchev–Trinajstić information content (AvgIpc) is 3.05. The van der Waals surface area contributed by atoms with Crippen LogP contribution in [-0.2, 0) is 0 Å². The van der Waals surface area contributed by atoms with E-state index >= 15 is 0 Å². The van der Waals surface area contributed by atoms with E-state index in [0.717, 1.165) is 34.6 Å². The average molecular weight is 375 g/mol. The molecule has 1 aliphatic heterocycles. The van der Waals surface area contributed by atoms with Gasteiger partial charge in [-0.1, -0.05) is 15.9 Å². The fourth-order valence-electron chi connectivity index (χ4n) is 2.69. The number of hydrogen-bond acceptors (Lipinski definition) is 4. The summed E-state index contributed by atoms with van der Waals surface area (Å²) >= 11 is 3.46. The van der Waals surface area contributed by atoms with Gasteiger partial charge in [0, 0.05) is 29.3 Å². The van der Waals surface area contributed by atoms with E-state index in [2.05, 4.69) is 36.1 Å². The summed E-state index contributed by atoms with van der Waals surface area (Å²) in [6.07, 6.45) is 2.34. The number of carbonyl (C=O) groups is 1. The Morgan fingerprint density at radius 2 is 1.91 bits per heavy atom. The summed E-state index contributed by atoms with van der Waals surface area (Å²) in [6.45, 7) is 5.78. The molecule has 23 heavy (non-hydrogen) atoms. The summed E-state index contributed by atoms with van der Waals surface area (Å²) in [7, 11) is 0. The minimum atomic E-state index is -0.210. The summed E-state index contributed by atoms with van der Waals surface area (Å²) in [5.41, 5.74) is 2.23. The van der Waals surface area contributed by atoms with E-state index in [1.54, 1.807) is 6.07 Å². The number of rotatable bonds is 3. The van der Waals surface area contributed by atoms with Gasteiger partial charge in [-0.05, 0) is 50.5 Å². The number of benzene rings is 1. The van der Waals surface area contributed by atoms with Crippen LogP contribution in [-0.4, -0.2) is 29.0 Å². The number of nitrogens with zero attached hydrogens (tertiary/aromatic N) is 3. The second-order valence-corrected chi connectivity index (χ2v) is 6.63. The molecule has 0 spiro atoms. The van der Waals surface area contributed by atoms with Crippen LogP contribution >= 0.6 is 15.9 Å². The normalized spacial score (nSPS) is 14.1. The maximum Gasteiger partial charge on any atom is 0.274 e. The van der Waals surface area contributed by atoms with Gasteiger partial charge in [-0.3, -0.25) is 4.79 Å². The van der Waals surface area contributed by atoms with Crippen molar-refractivity contribution in [3.8, 4) is 0 Å². The van der Waals surface area contributed by atoms with Crippen molar-refractivity contribution in [2.75, 3.05) is 23.3 Å². The molecule has 0 radical (unpaired) electrons. The fraction of sp³-hybridized carbons (Fsp3) is 0.353. The van der Waals surface area contributed by atoms with Crippen LogP contribution in [0.4, 0.5) is 11.5 Å². The van der Waals surface area contributed by atoms with Crippen LogP contribution in [0.2, 0.25) is 0 Å². The van der Waals surface area contributed by atoms with Crippen molar-refractivity contribution in [2.45, 2.75) is 26.7 Å². The van der Waals surface area contributed by atoms with Crippen LogP contribution < -0.4 is 10.2 Å². The first-order chi connectivity index (χ1) is 11.0. The number of nitrogens with one attached hydrogen (secondary N) is 1. The zero-order valence-corrected chi connectivity index (χ0v) is 14.9. The van der Waals surface area contributed by atoms with E-state index < -0.39 is 0 Å². The lowest BCUT2D eigenvalue weighted by Gasteiger charge is -2.17. The number of carbonyl (C=O) groups excluding carboxylic acids is 1. The third-order valence-corrected chi connectivity index (χ3v) is 4.79. The maximum absolute atomic E-state index is 12.5. The molecule has 2 aromatic rings. The molecule has 1 fully saturated rings. The highest BCUT2D eigenvalue weighted by Crippen LogP contribution is 2.22. The van der Waals surface area contributed by atoms with Gasteiger partial charge in [-0.2, -0.15) is 0 Å². The Kier molecular flexibility index (Phi) is 4.61. The van der Waals surface area contributed by atoms with E-state index in [4.69, 9.17) is 0 Å². The Balaban J connectivity index is 1.82.